The normalized spacial score (nSPS) is 14.3. The number of carbonyl (C=O) groups excluding carboxylic acids is 1. The number of nitrogens with two attached hydrogens (primary N) is 1. The number of hydrogen-bond donors (Lipinski definition) is 2. The first kappa shape index (κ1) is 21.2. The molecule has 0 aliphatic heterocycles. The summed E-state index contributed by atoms with van der Waals surface area (Å²) in [6, 6.07) is 7.32. The Kier molecular flexibility index (Phi) is 5.43. The number of fused-ring (bicyclic) bond motifs is 1. The van der Waals surface area contributed by atoms with Crippen molar-refractivity contribution in [3.63, 3.8) is 0 Å². The van der Waals surface area contributed by atoms with Crippen molar-refractivity contribution < 1.29 is 18.3 Å². The Morgan fingerprint density at radius 1 is 1.35 bits per heavy atom. The van der Waals surface area contributed by atoms with Crippen molar-refractivity contribution in [3.05, 3.63) is 53.3 Å². The maximum Gasteiger partial charge on any atom is 0.387 e. The molecule has 2 heterocycles. The van der Waals surface area contributed by atoms with Crippen LogP contribution in [0, 0.1) is 6.92 Å². The summed E-state index contributed by atoms with van der Waals surface area (Å²) in [6.45, 7) is 3.30. The molecule has 1 saturated carbocycles. The van der Waals surface area contributed by atoms with E-state index in [9.17, 15) is 13.6 Å². The molecule has 1 aliphatic carbocycles. The highest BCUT2D eigenvalue weighted by molar-refractivity contribution is 5.99. The van der Waals surface area contributed by atoms with E-state index in [0.717, 1.165) is 24.1 Å². The zero-order valence-corrected chi connectivity index (χ0v) is 17.8. The maximum atomic E-state index is 13.1. The van der Waals surface area contributed by atoms with Gasteiger partial charge in [0.15, 0.2) is 0 Å². The molecule has 1 aliphatic rings. The summed E-state index contributed by atoms with van der Waals surface area (Å²) in [5.74, 6) is -0.534. The second kappa shape index (κ2) is 7.92. The van der Waals surface area contributed by atoms with Gasteiger partial charge in [0.1, 0.15) is 11.4 Å². The van der Waals surface area contributed by atoms with Crippen LogP contribution in [0.1, 0.15) is 48.2 Å². The number of pyridine rings is 1. The van der Waals surface area contributed by atoms with E-state index in [1.807, 2.05) is 22.7 Å². The summed E-state index contributed by atoms with van der Waals surface area (Å²) in [7, 11) is 0. The fourth-order valence-electron chi connectivity index (χ4n) is 3.60. The SMILES string of the molecule is Cc1cc(-c2cnc3cc(C(C)(C)CN)ccn23)cc(OC(F)F)c1C(=O)NC1CC1. The fraction of sp³-hybridized carbons (Fsp3) is 0.391. The number of aromatic nitrogens is 2. The molecule has 8 heteroatoms. The van der Waals surface area contributed by atoms with Crippen LogP contribution < -0.4 is 15.8 Å². The van der Waals surface area contributed by atoms with E-state index in [0.29, 0.717) is 23.4 Å². The van der Waals surface area contributed by atoms with Gasteiger partial charge in [0.25, 0.3) is 5.91 Å². The van der Waals surface area contributed by atoms with Crippen LogP contribution in [0.15, 0.2) is 36.7 Å². The van der Waals surface area contributed by atoms with Gasteiger partial charge in [0.2, 0.25) is 0 Å². The van der Waals surface area contributed by atoms with Crippen LogP contribution in [-0.2, 0) is 5.41 Å². The average Bonchev–Trinajstić information content (AvgIpc) is 3.41. The fourth-order valence-corrected chi connectivity index (χ4v) is 3.60. The lowest BCUT2D eigenvalue weighted by Crippen LogP contribution is -2.28. The number of ether oxygens (including phenoxy) is 1. The average molecular weight is 428 g/mol. The van der Waals surface area contributed by atoms with Crippen LogP contribution in [0.4, 0.5) is 8.78 Å². The van der Waals surface area contributed by atoms with Gasteiger partial charge < -0.3 is 15.8 Å². The number of alkyl halides is 2. The number of amides is 1. The van der Waals surface area contributed by atoms with Crippen LogP contribution in [0.25, 0.3) is 16.9 Å². The van der Waals surface area contributed by atoms with Crippen molar-refractivity contribution in [2.24, 2.45) is 5.73 Å². The number of halogens is 2. The van der Waals surface area contributed by atoms with Crippen molar-refractivity contribution >= 4 is 11.6 Å². The summed E-state index contributed by atoms with van der Waals surface area (Å²) < 4.78 is 32.8. The second-order valence-electron chi connectivity index (χ2n) is 8.67. The Morgan fingerprint density at radius 2 is 2.10 bits per heavy atom. The van der Waals surface area contributed by atoms with Gasteiger partial charge in [-0.1, -0.05) is 13.8 Å². The minimum atomic E-state index is -3.04. The number of benzene rings is 1. The number of carbonyl (C=O) groups is 1. The van der Waals surface area contributed by atoms with Gasteiger partial charge in [-0.15, -0.1) is 0 Å². The monoisotopic (exact) mass is 428 g/mol. The molecule has 0 unspecified atom stereocenters. The van der Waals surface area contributed by atoms with Gasteiger partial charge in [0.05, 0.1) is 17.5 Å². The summed E-state index contributed by atoms with van der Waals surface area (Å²) in [5.41, 5.74) is 9.51. The predicted molar refractivity (Wildman–Crippen MR) is 115 cm³/mol. The lowest BCUT2D eigenvalue weighted by atomic mass is 9.85. The van der Waals surface area contributed by atoms with E-state index >= 15 is 0 Å². The Morgan fingerprint density at radius 3 is 2.74 bits per heavy atom. The van der Waals surface area contributed by atoms with Crippen LogP contribution in [0.2, 0.25) is 0 Å². The van der Waals surface area contributed by atoms with Crippen LogP contribution >= 0.6 is 0 Å². The molecule has 0 spiro atoms. The molecule has 31 heavy (non-hydrogen) atoms. The van der Waals surface area contributed by atoms with Crippen LogP contribution in [-0.4, -0.2) is 34.5 Å². The van der Waals surface area contributed by atoms with E-state index in [-0.39, 0.29) is 22.8 Å². The summed E-state index contributed by atoms with van der Waals surface area (Å²) >= 11 is 0. The summed E-state index contributed by atoms with van der Waals surface area (Å²) in [6.07, 6.45) is 5.37. The molecule has 0 radical (unpaired) electrons. The molecule has 2 aromatic heterocycles. The van der Waals surface area contributed by atoms with Gasteiger partial charge in [-0.3, -0.25) is 9.20 Å². The van der Waals surface area contributed by atoms with E-state index in [1.165, 1.54) is 6.07 Å². The Bertz CT molecular complexity index is 1140. The first-order chi connectivity index (χ1) is 14.7. The predicted octanol–water partition coefficient (Wildman–Crippen LogP) is 4.04. The number of hydrogen-bond acceptors (Lipinski definition) is 4. The number of rotatable bonds is 7. The Hall–Kier alpha value is -3.00. The molecule has 1 fully saturated rings. The van der Waals surface area contributed by atoms with E-state index in [2.05, 4.69) is 24.1 Å². The zero-order chi connectivity index (χ0) is 22.3. The third-order valence-corrected chi connectivity index (χ3v) is 5.76. The summed E-state index contributed by atoms with van der Waals surface area (Å²) in [4.78, 5) is 17.1. The van der Waals surface area contributed by atoms with Crippen LogP contribution in [0.5, 0.6) is 5.75 Å². The molecular formula is C23H26F2N4O2. The lowest BCUT2D eigenvalue weighted by Gasteiger charge is -2.23. The lowest BCUT2D eigenvalue weighted by molar-refractivity contribution is -0.0501. The highest BCUT2D eigenvalue weighted by Gasteiger charge is 2.27. The van der Waals surface area contributed by atoms with Crippen molar-refractivity contribution in [1.29, 1.82) is 0 Å². The molecule has 3 aromatic rings. The number of nitrogens with one attached hydrogen (secondary N) is 1. The van der Waals surface area contributed by atoms with E-state index in [1.54, 1.807) is 19.2 Å². The highest BCUT2D eigenvalue weighted by atomic mass is 19.3. The molecule has 4 rings (SSSR count). The van der Waals surface area contributed by atoms with Gasteiger partial charge in [0, 0.05) is 29.8 Å². The summed E-state index contributed by atoms with van der Waals surface area (Å²) in [5, 5.41) is 2.84. The first-order valence-corrected chi connectivity index (χ1v) is 10.3. The molecule has 0 saturated heterocycles. The number of imidazole rings is 1. The number of aryl methyl sites for hydroxylation is 1. The van der Waals surface area contributed by atoms with Gasteiger partial charge in [-0.05, 0) is 55.2 Å². The van der Waals surface area contributed by atoms with Crippen molar-refractivity contribution in [1.82, 2.24) is 14.7 Å². The zero-order valence-electron chi connectivity index (χ0n) is 17.8. The maximum absolute atomic E-state index is 13.1. The molecule has 1 aromatic carbocycles. The van der Waals surface area contributed by atoms with Crippen molar-refractivity contribution in [2.45, 2.75) is 51.7 Å². The number of nitrogens with zero attached hydrogens (tertiary/aromatic N) is 2. The van der Waals surface area contributed by atoms with E-state index < -0.39 is 12.5 Å². The third kappa shape index (κ3) is 4.25. The third-order valence-electron chi connectivity index (χ3n) is 5.76. The molecule has 0 bridgehead atoms. The van der Waals surface area contributed by atoms with E-state index in [4.69, 9.17) is 10.5 Å². The van der Waals surface area contributed by atoms with Gasteiger partial charge in [-0.25, -0.2) is 4.98 Å². The standard InChI is InChI=1S/C23H26F2N4O2/c1-13-8-14(9-18(31-22(24)25)20(13)21(30)28-16-4-5-16)17-11-27-19-10-15(6-7-29(17)19)23(2,3)12-26/h6-11,16,22H,4-5,12,26H2,1-3H3,(H,28,30). The molecule has 164 valence electrons. The van der Waals surface area contributed by atoms with Crippen LogP contribution in [0.3, 0.4) is 0 Å². The van der Waals surface area contributed by atoms with Crippen molar-refractivity contribution in [2.75, 3.05) is 6.54 Å². The quantitative estimate of drug-likeness (QED) is 0.595. The highest BCUT2D eigenvalue weighted by Crippen LogP contribution is 2.33. The van der Waals surface area contributed by atoms with Crippen molar-refractivity contribution in [3.8, 4) is 17.0 Å². The largest absolute Gasteiger partial charge is 0.434 e. The topological polar surface area (TPSA) is 81.7 Å². The molecule has 1 amide bonds. The molecule has 0 atom stereocenters. The first-order valence-electron chi connectivity index (χ1n) is 10.3. The molecule has 6 nitrogen and oxygen atoms in total. The minimum absolute atomic E-state index is 0.108. The van der Waals surface area contributed by atoms with Gasteiger partial charge >= 0.3 is 6.61 Å². The minimum Gasteiger partial charge on any atom is -0.434 e. The van der Waals surface area contributed by atoms with Gasteiger partial charge in [-0.2, -0.15) is 8.78 Å². The Labute approximate surface area is 179 Å². The molecular weight excluding hydrogens is 402 g/mol. The Balaban J connectivity index is 1.77. The second-order valence-corrected chi connectivity index (χ2v) is 8.67. The smallest absolute Gasteiger partial charge is 0.387 e. The molecule has 3 N–H and O–H groups in total.